The van der Waals surface area contributed by atoms with Gasteiger partial charge in [-0.3, -0.25) is 4.79 Å². The Balaban J connectivity index is 4.74. The van der Waals surface area contributed by atoms with Gasteiger partial charge in [0.15, 0.2) is 0 Å². The molecule has 0 aliphatic heterocycles. The lowest BCUT2D eigenvalue weighted by molar-refractivity contribution is -0.141. The number of carboxylic acids is 1. The van der Waals surface area contributed by atoms with Gasteiger partial charge in [-0.1, -0.05) is 6.92 Å². The van der Waals surface area contributed by atoms with E-state index in [2.05, 4.69) is 0 Å². The van der Waals surface area contributed by atoms with Crippen LogP contribution in [0.4, 0.5) is 18.0 Å². The van der Waals surface area contributed by atoms with Crippen molar-refractivity contribution in [2.24, 2.45) is 5.73 Å². The van der Waals surface area contributed by atoms with Crippen molar-refractivity contribution >= 4 is 17.9 Å². The number of amides is 3. The van der Waals surface area contributed by atoms with Crippen LogP contribution in [0, 0.1) is 0 Å². The minimum atomic E-state index is -4.58. The van der Waals surface area contributed by atoms with E-state index in [1.807, 2.05) is 5.32 Å². The number of primary amides is 1. The largest absolute Gasteiger partial charge is 0.480 e. The van der Waals surface area contributed by atoms with Gasteiger partial charge in [-0.15, -0.1) is 0 Å². The van der Waals surface area contributed by atoms with E-state index in [1.165, 1.54) is 0 Å². The molecule has 4 N–H and O–H groups in total. The standard InChI is InChI=1S/C11H18F3N3O4/c1-2-5-17(6-11(12,13)14)10(21)16-7(9(19)20)3-4-8(15)18/h7H,2-6H2,1H3,(H2,15,18)(H,16,21)(H,19,20)/t7-/m1/s1. The van der Waals surface area contributed by atoms with Gasteiger partial charge in [-0.25, -0.2) is 9.59 Å². The maximum absolute atomic E-state index is 12.3. The first kappa shape index (κ1) is 19.0. The topological polar surface area (TPSA) is 113 Å². The van der Waals surface area contributed by atoms with Gasteiger partial charge in [0.25, 0.3) is 0 Å². The zero-order valence-corrected chi connectivity index (χ0v) is 11.4. The van der Waals surface area contributed by atoms with Crippen LogP contribution in [0.3, 0.4) is 0 Å². The fraction of sp³-hybridized carbons (Fsp3) is 0.727. The summed E-state index contributed by atoms with van der Waals surface area (Å²) < 4.78 is 37.0. The second-order valence-electron chi connectivity index (χ2n) is 4.38. The molecule has 1 atom stereocenters. The molecule has 0 rings (SSSR count). The molecule has 0 bridgehead atoms. The number of hydrogen-bond acceptors (Lipinski definition) is 3. The number of carbonyl (C=O) groups excluding carboxylic acids is 2. The Morgan fingerprint density at radius 1 is 1.33 bits per heavy atom. The Bertz CT molecular complexity index is 387. The summed E-state index contributed by atoms with van der Waals surface area (Å²) in [4.78, 5) is 33.7. The number of carbonyl (C=O) groups is 3. The predicted octanol–water partition coefficient (Wildman–Crippen LogP) is 0.689. The highest BCUT2D eigenvalue weighted by Crippen LogP contribution is 2.17. The molecular formula is C11H18F3N3O4. The van der Waals surface area contributed by atoms with Gasteiger partial charge in [0.05, 0.1) is 0 Å². The Hall–Kier alpha value is -2.00. The average molecular weight is 313 g/mol. The SMILES string of the molecule is CCCN(CC(F)(F)F)C(=O)N[C@H](CCC(N)=O)C(=O)O. The molecule has 0 aliphatic carbocycles. The third kappa shape index (κ3) is 8.71. The van der Waals surface area contributed by atoms with E-state index in [9.17, 15) is 27.6 Å². The van der Waals surface area contributed by atoms with E-state index in [1.54, 1.807) is 6.92 Å². The molecule has 0 aliphatic rings. The number of nitrogens with zero attached hydrogens (tertiary/aromatic N) is 1. The minimum absolute atomic E-state index is 0.173. The molecule has 0 spiro atoms. The quantitative estimate of drug-likeness (QED) is 0.612. The number of urea groups is 1. The molecule has 0 saturated carbocycles. The zero-order valence-electron chi connectivity index (χ0n) is 11.4. The molecule has 0 aromatic carbocycles. The maximum Gasteiger partial charge on any atom is 0.406 e. The fourth-order valence-corrected chi connectivity index (χ4v) is 1.52. The van der Waals surface area contributed by atoms with Crippen LogP contribution in [0.15, 0.2) is 0 Å². The van der Waals surface area contributed by atoms with E-state index in [0.717, 1.165) is 0 Å². The highest BCUT2D eigenvalue weighted by Gasteiger charge is 2.33. The van der Waals surface area contributed by atoms with E-state index in [4.69, 9.17) is 10.8 Å². The van der Waals surface area contributed by atoms with Crippen molar-refractivity contribution < 1.29 is 32.7 Å². The van der Waals surface area contributed by atoms with Crippen molar-refractivity contribution in [2.45, 2.75) is 38.4 Å². The smallest absolute Gasteiger partial charge is 0.406 e. The number of nitrogens with one attached hydrogen (secondary N) is 1. The summed E-state index contributed by atoms with van der Waals surface area (Å²) in [7, 11) is 0. The van der Waals surface area contributed by atoms with E-state index in [0.29, 0.717) is 4.90 Å². The molecule has 0 unspecified atom stereocenters. The van der Waals surface area contributed by atoms with Gasteiger partial charge in [-0.2, -0.15) is 13.2 Å². The first-order valence-corrected chi connectivity index (χ1v) is 6.20. The molecule has 21 heavy (non-hydrogen) atoms. The number of halogens is 3. The van der Waals surface area contributed by atoms with Crippen molar-refractivity contribution in [3.05, 3.63) is 0 Å². The lowest BCUT2D eigenvalue weighted by Gasteiger charge is -2.25. The molecule has 0 saturated heterocycles. The highest BCUT2D eigenvalue weighted by atomic mass is 19.4. The molecular weight excluding hydrogens is 295 g/mol. The summed E-state index contributed by atoms with van der Waals surface area (Å²) >= 11 is 0. The monoisotopic (exact) mass is 313 g/mol. The molecule has 0 aromatic heterocycles. The first-order valence-electron chi connectivity index (χ1n) is 6.20. The number of aliphatic carboxylic acids is 1. The summed E-state index contributed by atoms with van der Waals surface area (Å²) in [5.41, 5.74) is 4.86. The van der Waals surface area contributed by atoms with Crippen molar-refractivity contribution in [3.63, 3.8) is 0 Å². The molecule has 10 heteroatoms. The number of rotatable bonds is 8. The van der Waals surface area contributed by atoms with Crippen molar-refractivity contribution in [3.8, 4) is 0 Å². The third-order valence-corrected chi connectivity index (χ3v) is 2.43. The van der Waals surface area contributed by atoms with Gasteiger partial charge >= 0.3 is 18.2 Å². The van der Waals surface area contributed by atoms with E-state index < -0.39 is 36.7 Å². The molecule has 0 radical (unpaired) electrons. The molecule has 3 amide bonds. The molecule has 0 heterocycles. The summed E-state index contributed by atoms with van der Waals surface area (Å²) in [6, 6.07) is -2.62. The van der Waals surface area contributed by atoms with Gasteiger partial charge in [0, 0.05) is 13.0 Å². The second kappa shape index (κ2) is 8.32. The van der Waals surface area contributed by atoms with Crippen LogP contribution in [-0.2, 0) is 9.59 Å². The molecule has 0 aromatic rings. The van der Waals surface area contributed by atoms with Gasteiger partial charge < -0.3 is 21.1 Å². The lowest BCUT2D eigenvalue weighted by atomic mass is 10.1. The highest BCUT2D eigenvalue weighted by molar-refractivity contribution is 5.83. The third-order valence-electron chi connectivity index (χ3n) is 2.43. The number of nitrogens with two attached hydrogens (primary N) is 1. The van der Waals surface area contributed by atoms with Crippen LogP contribution >= 0.6 is 0 Å². The number of carboxylic acid groups (broad SMARTS) is 1. The van der Waals surface area contributed by atoms with Crippen LogP contribution in [-0.4, -0.2) is 53.2 Å². The fourth-order valence-electron chi connectivity index (χ4n) is 1.52. The second-order valence-corrected chi connectivity index (χ2v) is 4.38. The lowest BCUT2D eigenvalue weighted by Crippen LogP contribution is -2.50. The van der Waals surface area contributed by atoms with Gasteiger partial charge in [0.1, 0.15) is 12.6 Å². The van der Waals surface area contributed by atoms with E-state index in [-0.39, 0.29) is 25.8 Å². The Labute approximate surface area is 119 Å². The summed E-state index contributed by atoms with van der Waals surface area (Å²) in [6.07, 6.45) is -4.90. The maximum atomic E-state index is 12.3. The van der Waals surface area contributed by atoms with Crippen LogP contribution in [0.2, 0.25) is 0 Å². The Morgan fingerprint density at radius 3 is 2.29 bits per heavy atom. The Morgan fingerprint density at radius 2 is 1.90 bits per heavy atom. The molecule has 0 fully saturated rings. The summed E-state index contributed by atoms with van der Waals surface area (Å²) in [6.45, 7) is -0.0687. The van der Waals surface area contributed by atoms with Crippen molar-refractivity contribution in [1.82, 2.24) is 10.2 Å². The molecule has 7 nitrogen and oxygen atoms in total. The number of alkyl halides is 3. The normalized spacial score (nSPS) is 12.6. The first-order chi connectivity index (χ1) is 9.56. The summed E-state index contributed by atoms with van der Waals surface area (Å²) in [5, 5.41) is 10.8. The number of hydrogen-bond donors (Lipinski definition) is 3. The Kier molecular flexibility index (Phi) is 7.53. The minimum Gasteiger partial charge on any atom is -0.480 e. The van der Waals surface area contributed by atoms with Gasteiger partial charge in [0.2, 0.25) is 5.91 Å². The van der Waals surface area contributed by atoms with Crippen LogP contribution in [0.5, 0.6) is 0 Å². The van der Waals surface area contributed by atoms with E-state index >= 15 is 0 Å². The van der Waals surface area contributed by atoms with Crippen molar-refractivity contribution in [2.75, 3.05) is 13.1 Å². The predicted molar refractivity (Wildman–Crippen MR) is 66.3 cm³/mol. The van der Waals surface area contributed by atoms with Crippen LogP contribution in [0.25, 0.3) is 0 Å². The average Bonchev–Trinajstić information content (AvgIpc) is 2.31. The molecule has 122 valence electrons. The zero-order chi connectivity index (χ0) is 16.6. The summed E-state index contributed by atoms with van der Waals surface area (Å²) in [5.74, 6) is -2.22. The van der Waals surface area contributed by atoms with Crippen molar-refractivity contribution in [1.29, 1.82) is 0 Å². The van der Waals surface area contributed by atoms with Gasteiger partial charge in [-0.05, 0) is 12.8 Å². The van der Waals surface area contributed by atoms with Crippen LogP contribution < -0.4 is 11.1 Å². The van der Waals surface area contributed by atoms with Crippen LogP contribution in [0.1, 0.15) is 26.2 Å².